The van der Waals surface area contributed by atoms with Crippen molar-refractivity contribution in [2.75, 3.05) is 26.2 Å². The van der Waals surface area contributed by atoms with Gasteiger partial charge in [0.25, 0.3) is 0 Å². The molecule has 0 aromatic carbocycles. The van der Waals surface area contributed by atoms with Crippen LogP contribution >= 0.6 is 0 Å². The Kier molecular flexibility index (Phi) is 3.95. The number of nitrogens with zero attached hydrogens (tertiary/aromatic N) is 2. The van der Waals surface area contributed by atoms with E-state index in [1.807, 2.05) is 4.90 Å². The van der Waals surface area contributed by atoms with Crippen LogP contribution in [0.3, 0.4) is 0 Å². The summed E-state index contributed by atoms with van der Waals surface area (Å²) in [6, 6.07) is -0.00498. The maximum Gasteiger partial charge on any atom is 0.311 e. The molecule has 0 bridgehead atoms. The van der Waals surface area contributed by atoms with Crippen LogP contribution in [0.2, 0.25) is 0 Å². The van der Waals surface area contributed by atoms with E-state index in [4.69, 9.17) is 0 Å². The largest absolute Gasteiger partial charge is 0.481 e. The van der Waals surface area contributed by atoms with Gasteiger partial charge in [-0.2, -0.15) is 0 Å². The molecule has 0 spiro atoms. The van der Waals surface area contributed by atoms with Crippen LogP contribution in [-0.4, -0.2) is 59.0 Å². The van der Waals surface area contributed by atoms with E-state index in [-0.39, 0.29) is 17.9 Å². The van der Waals surface area contributed by atoms with Crippen molar-refractivity contribution in [2.45, 2.75) is 51.5 Å². The van der Waals surface area contributed by atoms with Crippen LogP contribution in [0.25, 0.3) is 0 Å². The highest BCUT2D eigenvalue weighted by Gasteiger charge is 2.56. The first-order chi connectivity index (χ1) is 10.1. The van der Waals surface area contributed by atoms with E-state index < -0.39 is 11.4 Å². The van der Waals surface area contributed by atoms with E-state index in [0.29, 0.717) is 13.1 Å². The molecular formula is C16H26N2O3. The van der Waals surface area contributed by atoms with Gasteiger partial charge in [-0.15, -0.1) is 0 Å². The summed E-state index contributed by atoms with van der Waals surface area (Å²) in [6.45, 7) is 5.20. The minimum Gasteiger partial charge on any atom is -0.481 e. The standard InChI is InChI=1S/C16H26N2O3/c1-2-8-17-9-4-6-13(17)14(19)18-10-12-5-3-7-16(12,11-18)15(20)21/h12-13H,2-11H2,1H3,(H,20,21)/t12-,13?,16+/m0/s1. The minimum atomic E-state index is -0.697. The zero-order valence-corrected chi connectivity index (χ0v) is 12.9. The van der Waals surface area contributed by atoms with E-state index in [9.17, 15) is 14.7 Å². The Hall–Kier alpha value is -1.10. The fourth-order valence-corrected chi connectivity index (χ4v) is 4.68. The van der Waals surface area contributed by atoms with Gasteiger partial charge in [0.2, 0.25) is 5.91 Å². The van der Waals surface area contributed by atoms with Gasteiger partial charge >= 0.3 is 5.97 Å². The third-order valence-electron chi connectivity index (χ3n) is 5.77. The highest BCUT2D eigenvalue weighted by atomic mass is 16.4. The van der Waals surface area contributed by atoms with Crippen molar-refractivity contribution >= 4 is 11.9 Å². The Morgan fingerprint density at radius 1 is 1.29 bits per heavy atom. The average molecular weight is 294 g/mol. The zero-order valence-electron chi connectivity index (χ0n) is 12.9. The summed E-state index contributed by atoms with van der Waals surface area (Å²) in [5.41, 5.74) is -0.649. The molecule has 2 saturated heterocycles. The molecular weight excluding hydrogens is 268 g/mol. The second-order valence-corrected chi connectivity index (χ2v) is 6.96. The summed E-state index contributed by atoms with van der Waals surface area (Å²) < 4.78 is 0. The predicted molar refractivity (Wildman–Crippen MR) is 78.9 cm³/mol. The Balaban J connectivity index is 1.71. The number of carbonyl (C=O) groups is 2. The number of amides is 1. The Labute approximate surface area is 126 Å². The number of likely N-dealkylation sites (tertiary alicyclic amines) is 2. The Bertz CT molecular complexity index is 439. The normalized spacial score (nSPS) is 36.1. The molecule has 3 atom stereocenters. The second-order valence-electron chi connectivity index (χ2n) is 6.96. The van der Waals surface area contributed by atoms with Gasteiger partial charge in [-0.05, 0) is 51.1 Å². The van der Waals surface area contributed by atoms with E-state index in [0.717, 1.165) is 51.6 Å². The molecule has 1 amide bonds. The second kappa shape index (κ2) is 5.59. The van der Waals surface area contributed by atoms with E-state index in [1.165, 1.54) is 0 Å². The molecule has 3 aliphatic rings. The van der Waals surface area contributed by atoms with Crippen LogP contribution in [0.5, 0.6) is 0 Å². The van der Waals surface area contributed by atoms with Crippen molar-refractivity contribution in [3.63, 3.8) is 0 Å². The highest BCUT2D eigenvalue weighted by Crippen LogP contribution is 2.49. The summed E-state index contributed by atoms with van der Waals surface area (Å²) in [6.07, 6.45) is 5.76. The Morgan fingerprint density at radius 2 is 2.10 bits per heavy atom. The monoisotopic (exact) mass is 294 g/mol. The highest BCUT2D eigenvalue weighted by molar-refractivity contribution is 5.85. The summed E-state index contributed by atoms with van der Waals surface area (Å²) >= 11 is 0. The number of carbonyl (C=O) groups excluding carboxylic acids is 1. The maximum absolute atomic E-state index is 12.8. The molecule has 1 N–H and O–H groups in total. The van der Waals surface area contributed by atoms with Crippen molar-refractivity contribution in [3.8, 4) is 0 Å². The number of hydrogen-bond donors (Lipinski definition) is 1. The predicted octanol–water partition coefficient (Wildman–Crippen LogP) is 1.57. The zero-order chi connectivity index (χ0) is 15.0. The lowest BCUT2D eigenvalue weighted by Gasteiger charge is -2.28. The molecule has 0 aromatic heterocycles. The van der Waals surface area contributed by atoms with Gasteiger partial charge in [0.1, 0.15) is 0 Å². The van der Waals surface area contributed by atoms with E-state index in [1.54, 1.807) is 0 Å². The van der Waals surface area contributed by atoms with Crippen LogP contribution in [0, 0.1) is 11.3 Å². The first-order valence-corrected chi connectivity index (χ1v) is 8.34. The summed E-state index contributed by atoms with van der Waals surface area (Å²) in [7, 11) is 0. The van der Waals surface area contributed by atoms with Gasteiger partial charge < -0.3 is 10.0 Å². The van der Waals surface area contributed by atoms with Gasteiger partial charge in [0, 0.05) is 13.1 Å². The number of rotatable bonds is 4. The number of aliphatic carboxylic acids is 1. The molecule has 5 heteroatoms. The molecule has 0 aromatic rings. The van der Waals surface area contributed by atoms with E-state index >= 15 is 0 Å². The first kappa shape index (κ1) is 14.8. The van der Waals surface area contributed by atoms with Crippen LogP contribution in [0.15, 0.2) is 0 Å². The number of carboxylic acid groups (broad SMARTS) is 1. The topological polar surface area (TPSA) is 60.9 Å². The maximum atomic E-state index is 12.8. The fourth-order valence-electron chi connectivity index (χ4n) is 4.68. The minimum absolute atomic E-state index is 0.00498. The summed E-state index contributed by atoms with van der Waals surface area (Å²) in [4.78, 5) is 28.7. The third-order valence-corrected chi connectivity index (χ3v) is 5.77. The molecule has 118 valence electrons. The Morgan fingerprint density at radius 3 is 2.76 bits per heavy atom. The van der Waals surface area contributed by atoms with Gasteiger partial charge in [-0.1, -0.05) is 13.3 Å². The van der Waals surface area contributed by atoms with Crippen molar-refractivity contribution in [1.29, 1.82) is 0 Å². The number of hydrogen-bond acceptors (Lipinski definition) is 3. The molecule has 2 heterocycles. The molecule has 3 fully saturated rings. The molecule has 2 aliphatic heterocycles. The lowest BCUT2D eigenvalue weighted by molar-refractivity contribution is -0.149. The SMILES string of the molecule is CCCN1CCCC1C(=O)N1C[C@@H]2CCC[C@@]2(C(=O)O)C1. The van der Waals surface area contributed by atoms with E-state index in [2.05, 4.69) is 11.8 Å². The number of fused-ring (bicyclic) bond motifs is 1. The van der Waals surface area contributed by atoms with Crippen molar-refractivity contribution in [2.24, 2.45) is 11.3 Å². The molecule has 1 aliphatic carbocycles. The van der Waals surface area contributed by atoms with Gasteiger partial charge in [0.15, 0.2) is 0 Å². The molecule has 3 rings (SSSR count). The first-order valence-electron chi connectivity index (χ1n) is 8.34. The smallest absolute Gasteiger partial charge is 0.311 e. The number of carboxylic acids is 1. The van der Waals surface area contributed by atoms with Crippen LogP contribution in [0.1, 0.15) is 45.4 Å². The lowest BCUT2D eigenvalue weighted by Crippen LogP contribution is -2.46. The molecule has 1 saturated carbocycles. The quantitative estimate of drug-likeness (QED) is 0.855. The van der Waals surface area contributed by atoms with Crippen LogP contribution < -0.4 is 0 Å². The molecule has 0 radical (unpaired) electrons. The van der Waals surface area contributed by atoms with Gasteiger partial charge in [0.05, 0.1) is 11.5 Å². The van der Waals surface area contributed by atoms with Gasteiger partial charge in [-0.3, -0.25) is 14.5 Å². The third kappa shape index (κ3) is 2.35. The van der Waals surface area contributed by atoms with Gasteiger partial charge in [-0.25, -0.2) is 0 Å². The molecule has 5 nitrogen and oxygen atoms in total. The summed E-state index contributed by atoms with van der Waals surface area (Å²) in [5.74, 6) is -0.354. The fraction of sp³-hybridized carbons (Fsp3) is 0.875. The molecule has 21 heavy (non-hydrogen) atoms. The van der Waals surface area contributed by atoms with Crippen molar-refractivity contribution in [1.82, 2.24) is 9.80 Å². The lowest BCUT2D eigenvalue weighted by atomic mass is 9.81. The van der Waals surface area contributed by atoms with Crippen molar-refractivity contribution < 1.29 is 14.7 Å². The molecule has 1 unspecified atom stereocenters. The van der Waals surface area contributed by atoms with Crippen LogP contribution in [0.4, 0.5) is 0 Å². The van der Waals surface area contributed by atoms with Crippen LogP contribution in [-0.2, 0) is 9.59 Å². The van der Waals surface area contributed by atoms with Crippen molar-refractivity contribution in [3.05, 3.63) is 0 Å². The summed E-state index contributed by atoms with van der Waals surface area (Å²) in [5, 5.41) is 9.63. The average Bonchev–Trinajstić information content (AvgIpc) is 3.11.